The molecule has 1 aliphatic rings. The Morgan fingerprint density at radius 3 is 2.79 bits per heavy atom. The van der Waals surface area contributed by atoms with E-state index in [1.54, 1.807) is 29.2 Å². The predicted octanol–water partition coefficient (Wildman–Crippen LogP) is 1.86. The lowest BCUT2D eigenvalue weighted by Gasteiger charge is -2.28. The highest BCUT2D eigenvalue weighted by molar-refractivity contribution is 6.33. The van der Waals surface area contributed by atoms with Crippen LogP contribution in [-0.2, 0) is 4.74 Å². The van der Waals surface area contributed by atoms with Crippen LogP contribution in [0.2, 0.25) is 5.02 Å². The monoisotopic (exact) mass is 351 g/mol. The number of ether oxygens (including phenoxy) is 1. The Hall–Kier alpha value is -2.45. The first-order valence-electron chi connectivity index (χ1n) is 7.31. The fourth-order valence-electron chi connectivity index (χ4n) is 2.24. The predicted molar refractivity (Wildman–Crippen MR) is 87.6 cm³/mol. The van der Waals surface area contributed by atoms with E-state index in [0.717, 1.165) is 6.20 Å². The maximum absolute atomic E-state index is 13.9. The molecule has 0 atom stereocenters. The Bertz CT molecular complexity index is 740. The number of benzene rings is 1. The summed E-state index contributed by atoms with van der Waals surface area (Å²) in [6, 6.07) is 6.63. The molecule has 0 saturated carbocycles. The number of amides is 1. The number of hydrogen-bond acceptors (Lipinski definition) is 6. The van der Waals surface area contributed by atoms with E-state index in [1.807, 2.05) is 0 Å². The van der Waals surface area contributed by atoms with E-state index in [2.05, 4.69) is 20.8 Å². The average molecular weight is 352 g/mol. The van der Waals surface area contributed by atoms with Gasteiger partial charge < -0.3 is 9.64 Å². The Morgan fingerprint density at radius 1 is 1.29 bits per heavy atom. The molecule has 0 radical (unpaired) electrons. The molecule has 9 heteroatoms. The van der Waals surface area contributed by atoms with Crippen molar-refractivity contribution in [3.8, 4) is 0 Å². The normalized spacial score (nSPS) is 14.3. The number of nitrogens with zero attached hydrogens (tertiary/aromatic N) is 3. The summed E-state index contributed by atoms with van der Waals surface area (Å²) in [7, 11) is 0. The molecule has 2 N–H and O–H groups in total. The summed E-state index contributed by atoms with van der Waals surface area (Å²) < 4.78 is 19.2. The van der Waals surface area contributed by atoms with Crippen LogP contribution in [0.5, 0.6) is 0 Å². The van der Waals surface area contributed by atoms with Crippen LogP contribution in [0, 0.1) is 5.82 Å². The van der Waals surface area contributed by atoms with Crippen molar-refractivity contribution in [2.45, 2.75) is 0 Å². The zero-order valence-corrected chi connectivity index (χ0v) is 13.4. The first kappa shape index (κ1) is 16.4. The zero-order chi connectivity index (χ0) is 16.9. The molecular weight excluding hydrogens is 337 g/mol. The molecule has 1 saturated heterocycles. The van der Waals surface area contributed by atoms with Crippen molar-refractivity contribution in [3.63, 3.8) is 0 Å². The summed E-state index contributed by atoms with van der Waals surface area (Å²) in [6.45, 7) is 2.10. The quantitative estimate of drug-likeness (QED) is 0.819. The summed E-state index contributed by atoms with van der Waals surface area (Å²) in [6.07, 6.45) is 1.06. The number of rotatable bonds is 4. The Kier molecular flexibility index (Phi) is 5.07. The van der Waals surface area contributed by atoms with Crippen molar-refractivity contribution in [3.05, 3.63) is 46.9 Å². The summed E-state index contributed by atoms with van der Waals surface area (Å²) in [5.41, 5.74) is 5.32. The molecule has 0 unspecified atom stereocenters. The van der Waals surface area contributed by atoms with Gasteiger partial charge in [-0.05, 0) is 12.1 Å². The maximum Gasteiger partial charge on any atom is 0.271 e. The van der Waals surface area contributed by atoms with Gasteiger partial charge in [0.15, 0.2) is 11.6 Å². The van der Waals surface area contributed by atoms with Crippen molar-refractivity contribution in [1.29, 1.82) is 0 Å². The molecule has 2 aromatic rings. The first-order chi connectivity index (χ1) is 11.6. The van der Waals surface area contributed by atoms with Gasteiger partial charge in [0.05, 0.1) is 30.0 Å². The summed E-state index contributed by atoms with van der Waals surface area (Å²) in [5.74, 6) is -0.720. The molecule has 1 amide bonds. The molecule has 1 fully saturated rings. The van der Waals surface area contributed by atoms with E-state index in [9.17, 15) is 9.18 Å². The third-order valence-electron chi connectivity index (χ3n) is 3.44. The number of anilines is 2. The minimum absolute atomic E-state index is 0.0818. The second-order valence-electron chi connectivity index (χ2n) is 5.02. The van der Waals surface area contributed by atoms with Crippen LogP contribution in [0.3, 0.4) is 0 Å². The number of carbonyl (C=O) groups excluding carboxylic acids is 1. The summed E-state index contributed by atoms with van der Waals surface area (Å²) >= 11 is 5.96. The number of aromatic nitrogens is 2. The number of nitrogens with one attached hydrogen (secondary N) is 2. The van der Waals surface area contributed by atoms with Crippen LogP contribution in [-0.4, -0.2) is 42.2 Å². The van der Waals surface area contributed by atoms with Gasteiger partial charge in [-0.3, -0.25) is 15.6 Å². The Morgan fingerprint density at radius 2 is 2.04 bits per heavy atom. The molecule has 0 bridgehead atoms. The fourth-order valence-corrected chi connectivity index (χ4v) is 2.46. The van der Waals surface area contributed by atoms with Gasteiger partial charge in [0.1, 0.15) is 0 Å². The van der Waals surface area contributed by atoms with Crippen molar-refractivity contribution in [1.82, 2.24) is 15.4 Å². The Balaban J connectivity index is 1.69. The van der Waals surface area contributed by atoms with Gasteiger partial charge >= 0.3 is 0 Å². The average Bonchev–Trinajstić information content (AvgIpc) is 2.62. The maximum atomic E-state index is 13.9. The highest BCUT2D eigenvalue weighted by Crippen LogP contribution is 2.18. The van der Waals surface area contributed by atoms with E-state index < -0.39 is 11.7 Å². The standard InChI is InChI=1S/C15H15ClFN5O2/c16-11-4-2-1-3-10(11)14(23)20-21-15-18-9-12(17)13(19-15)22-5-7-24-8-6-22/h1-4,9H,5-8H2,(H,20,23)(H,18,19,21). The number of halogens is 2. The summed E-state index contributed by atoms with van der Waals surface area (Å²) in [4.78, 5) is 21.8. The second-order valence-corrected chi connectivity index (χ2v) is 5.43. The highest BCUT2D eigenvalue weighted by Gasteiger charge is 2.18. The van der Waals surface area contributed by atoms with Gasteiger partial charge in [0.25, 0.3) is 5.91 Å². The number of hydrazine groups is 1. The molecular formula is C15H15ClFN5O2. The molecule has 126 valence electrons. The second kappa shape index (κ2) is 7.41. The van der Waals surface area contributed by atoms with E-state index in [4.69, 9.17) is 16.3 Å². The van der Waals surface area contributed by atoms with Gasteiger partial charge in [-0.25, -0.2) is 9.37 Å². The third-order valence-corrected chi connectivity index (χ3v) is 3.77. The first-order valence-corrected chi connectivity index (χ1v) is 7.69. The van der Waals surface area contributed by atoms with Gasteiger partial charge in [-0.15, -0.1) is 0 Å². The smallest absolute Gasteiger partial charge is 0.271 e. The molecule has 3 rings (SSSR count). The van der Waals surface area contributed by atoms with Crippen molar-refractivity contribution < 1.29 is 13.9 Å². The van der Waals surface area contributed by atoms with Crippen LogP contribution < -0.4 is 15.8 Å². The largest absolute Gasteiger partial charge is 0.378 e. The van der Waals surface area contributed by atoms with E-state index in [1.165, 1.54) is 0 Å². The van der Waals surface area contributed by atoms with Crippen LogP contribution in [0.1, 0.15) is 10.4 Å². The van der Waals surface area contributed by atoms with Crippen LogP contribution in [0.4, 0.5) is 16.2 Å². The van der Waals surface area contributed by atoms with Crippen LogP contribution in [0.25, 0.3) is 0 Å². The van der Waals surface area contributed by atoms with Crippen molar-refractivity contribution >= 4 is 29.3 Å². The molecule has 0 spiro atoms. The van der Waals surface area contributed by atoms with Crippen molar-refractivity contribution in [2.24, 2.45) is 0 Å². The molecule has 1 aromatic heterocycles. The summed E-state index contributed by atoms with van der Waals surface area (Å²) in [5, 5.41) is 0.325. The number of hydrogen-bond donors (Lipinski definition) is 2. The lowest BCUT2D eigenvalue weighted by molar-refractivity contribution is 0.0962. The lowest BCUT2D eigenvalue weighted by Crippen LogP contribution is -2.38. The molecule has 1 aliphatic heterocycles. The van der Waals surface area contributed by atoms with Gasteiger partial charge in [0.2, 0.25) is 5.95 Å². The molecule has 2 heterocycles. The minimum atomic E-state index is -0.528. The molecule has 24 heavy (non-hydrogen) atoms. The lowest BCUT2D eigenvalue weighted by atomic mass is 10.2. The van der Waals surface area contributed by atoms with E-state index in [0.29, 0.717) is 36.9 Å². The van der Waals surface area contributed by atoms with Gasteiger partial charge in [-0.2, -0.15) is 4.98 Å². The van der Waals surface area contributed by atoms with Crippen LogP contribution in [0.15, 0.2) is 30.5 Å². The number of morpholine rings is 1. The molecule has 0 aliphatic carbocycles. The highest BCUT2D eigenvalue weighted by atomic mass is 35.5. The van der Waals surface area contributed by atoms with E-state index >= 15 is 0 Å². The Labute approximate surface area is 142 Å². The number of carbonyl (C=O) groups is 1. The molecule has 1 aromatic carbocycles. The van der Waals surface area contributed by atoms with Gasteiger partial charge in [0, 0.05) is 13.1 Å². The van der Waals surface area contributed by atoms with Crippen LogP contribution >= 0.6 is 11.6 Å². The SMILES string of the molecule is O=C(NNc1ncc(F)c(N2CCOCC2)n1)c1ccccc1Cl. The van der Waals surface area contributed by atoms with Gasteiger partial charge in [-0.1, -0.05) is 23.7 Å². The van der Waals surface area contributed by atoms with E-state index in [-0.39, 0.29) is 11.8 Å². The van der Waals surface area contributed by atoms with Crippen molar-refractivity contribution in [2.75, 3.05) is 36.6 Å². The molecule has 7 nitrogen and oxygen atoms in total. The fraction of sp³-hybridized carbons (Fsp3) is 0.267. The minimum Gasteiger partial charge on any atom is -0.378 e. The third kappa shape index (κ3) is 3.72. The topological polar surface area (TPSA) is 79.4 Å². The zero-order valence-electron chi connectivity index (χ0n) is 12.6.